The number of benzene rings is 1. The molecule has 108 valence electrons. The third-order valence-electron chi connectivity index (χ3n) is 2.99. The molecule has 3 rings (SSSR count). The lowest BCUT2D eigenvalue weighted by atomic mass is 10.2. The first-order valence-corrected chi connectivity index (χ1v) is 7.95. The summed E-state index contributed by atoms with van der Waals surface area (Å²) in [7, 11) is 0. The van der Waals surface area contributed by atoms with Crippen molar-refractivity contribution < 1.29 is 4.39 Å². The van der Waals surface area contributed by atoms with E-state index in [1.54, 1.807) is 17.4 Å². The third kappa shape index (κ3) is 2.84. The SMILES string of the molecule is CCc1cc2c(Nc3ccc(F)cc3Br)nc(N)nc2s1. The van der Waals surface area contributed by atoms with Crippen LogP contribution in [0.5, 0.6) is 0 Å². The van der Waals surface area contributed by atoms with Crippen LogP contribution in [0.15, 0.2) is 28.7 Å². The maximum absolute atomic E-state index is 13.2. The van der Waals surface area contributed by atoms with Crippen LogP contribution in [0.2, 0.25) is 0 Å². The van der Waals surface area contributed by atoms with Crippen molar-refractivity contribution in [1.29, 1.82) is 0 Å². The van der Waals surface area contributed by atoms with Gasteiger partial charge in [-0.15, -0.1) is 11.3 Å². The second kappa shape index (κ2) is 5.57. The quantitative estimate of drug-likeness (QED) is 0.716. The maximum atomic E-state index is 13.2. The largest absolute Gasteiger partial charge is 0.368 e. The van der Waals surface area contributed by atoms with Gasteiger partial charge in [-0.25, -0.2) is 9.37 Å². The molecule has 0 fully saturated rings. The van der Waals surface area contributed by atoms with E-state index in [1.165, 1.54) is 17.0 Å². The van der Waals surface area contributed by atoms with Crippen LogP contribution in [-0.2, 0) is 6.42 Å². The number of nitrogens with one attached hydrogen (secondary N) is 1. The highest BCUT2D eigenvalue weighted by Crippen LogP contribution is 2.33. The van der Waals surface area contributed by atoms with Crippen LogP contribution in [-0.4, -0.2) is 9.97 Å². The molecule has 21 heavy (non-hydrogen) atoms. The van der Waals surface area contributed by atoms with Crippen LogP contribution in [0.4, 0.5) is 21.8 Å². The lowest BCUT2D eigenvalue weighted by molar-refractivity contribution is 0.627. The number of hydrogen-bond acceptors (Lipinski definition) is 5. The molecule has 2 heterocycles. The topological polar surface area (TPSA) is 63.8 Å². The molecule has 3 N–H and O–H groups in total. The summed E-state index contributed by atoms with van der Waals surface area (Å²) in [4.78, 5) is 10.6. The zero-order chi connectivity index (χ0) is 15.0. The Kier molecular flexibility index (Phi) is 3.77. The predicted octanol–water partition coefficient (Wildman–Crippen LogP) is 4.48. The van der Waals surface area contributed by atoms with Gasteiger partial charge in [-0.3, -0.25) is 0 Å². The molecule has 0 aliphatic heterocycles. The minimum Gasteiger partial charge on any atom is -0.368 e. The van der Waals surface area contributed by atoms with Crippen LogP contribution in [0, 0.1) is 5.82 Å². The van der Waals surface area contributed by atoms with E-state index in [0.29, 0.717) is 10.3 Å². The number of thiophene rings is 1. The van der Waals surface area contributed by atoms with E-state index in [2.05, 4.69) is 44.2 Å². The number of nitrogens with zero attached hydrogens (tertiary/aromatic N) is 2. The van der Waals surface area contributed by atoms with E-state index in [0.717, 1.165) is 22.3 Å². The van der Waals surface area contributed by atoms with Gasteiger partial charge in [-0.1, -0.05) is 6.92 Å². The number of anilines is 3. The van der Waals surface area contributed by atoms with E-state index in [-0.39, 0.29) is 11.8 Å². The Hall–Kier alpha value is -1.73. The average Bonchev–Trinajstić information content (AvgIpc) is 2.85. The maximum Gasteiger partial charge on any atom is 0.223 e. The molecular weight excluding hydrogens is 355 g/mol. The van der Waals surface area contributed by atoms with Gasteiger partial charge in [0.15, 0.2) is 0 Å². The van der Waals surface area contributed by atoms with Crippen molar-refractivity contribution in [2.75, 3.05) is 11.1 Å². The Balaban J connectivity index is 2.08. The summed E-state index contributed by atoms with van der Waals surface area (Å²) in [5.41, 5.74) is 6.49. The Morgan fingerprint density at radius 1 is 1.33 bits per heavy atom. The minimum atomic E-state index is -0.302. The molecule has 0 spiro atoms. The number of aromatic nitrogens is 2. The summed E-state index contributed by atoms with van der Waals surface area (Å²) in [6.07, 6.45) is 0.931. The predicted molar refractivity (Wildman–Crippen MR) is 88.6 cm³/mol. The highest BCUT2D eigenvalue weighted by atomic mass is 79.9. The van der Waals surface area contributed by atoms with Crippen molar-refractivity contribution in [1.82, 2.24) is 9.97 Å². The number of fused-ring (bicyclic) bond motifs is 1. The van der Waals surface area contributed by atoms with Gasteiger partial charge in [0.1, 0.15) is 16.5 Å². The van der Waals surface area contributed by atoms with Gasteiger partial charge in [0.2, 0.25) is 5.95 Å². The zero-order valence-electron chi connectivity index (χ0n) is 11.2. The molecule has 1 aromatic carbocycles. The molecule has 2 aromatic heterocycles. The Labute approximate surface area is 133 Å². The van der Waals surface area contributed by atoms with Crippen molar-refractivity contribution >= 4 is 54.9 Å². The van der Waals surface area contributed by atoms with Crippen molar-refractivity contribution in [3.63, 3.8) is 0 Å². The van der Waals surface area contributed by atoms with E-state index < -0.39 is 0 Å². The molecule has 0 radical (unpaired) electrons. The second-order valence-corrected chi connectivity index (χ2v) is 6.43. The molecule has 0 saturated heterocycles. The number of halogens is 2. The van der Waals surface area contributed by atoms with Crippen LogP contribution in [0.3, 0.4) is 0 Å². The molecule has 0 saturated carbocycles. The molecule has 0 aliphatic rings. The van der Waals surface area contributed by atoms with Crippen LogP contribution >= 0.6 is 27.3 Å². The first kappa shape index (κ1) is 14.2. The van der Waals surface area contributed by atoms with Crippen LogP contribution < -0.4 is 11.1 Å². The standard InChI is InChI=1S/C14H12BrFN4S/c1-2-8-6-9-12(19-14(17)20-13(9)21-8)18-11-4-3-7(16)5-10(11)15/h3-6H,2H2,1H3,(H3,17,18,19,20). The van der Waals surface area contributed by atoms with Crippen molar-refractivity contribution in [2.24, 2.45) is 0 Å². The summed E-state index contributed by atoms with van der Waals surface area (Å²) in [5, 5.41) is 4.10. The normalized spacial score (nSPS) is 11.0. The van der Waals surface area contributed by atoms with E-state index >= 15 is 0 Å². The summed E-state index contributed by atoms with van der Waals surface area (Å²) >= 11 is 4.93. The van der Waals surface area contributed by atoms with Gasteiger partial charge in [0.25, 0.3) is 0 Å². The molecule has 0 amide bonds. The number of nitrogens with two attached hydrogens (primary N) is 1. The van der Waals surface area contributed by atoms with Gasteiger partial charge in [-0.2, -0.15) is 4.98 Å². The highest BCUT2D eigenvalue weighted by Gasteiger charge is 2.11. The molecule has 0 unspecified atom stereocenters. The van der Waals surface area contributed by atoms with Gasteiger partial charge in [0, 0.05) is 9.35 Å². The van der Waals surface area contributed by atoms with Gasteiger partial charge in [0.05, 0.1) is 11.1 Å². The lowest BCUT2D eigenvalue weighted by Gasteiger charge is -2.09. The monoisotopic (exact) mass is 366 g/mol. The van der Waals surface area contributed by atoms with Crippen molar-refractivity contribution in [3.8, 4) is 0 Å². The van der Waals surface area contributed by atoms with Crippen LogP contribution in [0.25, 0.3) is 10.2 Å². The summed E-state index contributed by atoms with van der Waals surface area (Å²) in [6, 6.07) is 6.49. The highest BCUT2D eigenvalue weighted by molar-refractivity contribution is 9.10. The summed E-state index contributed by atoms with van der Waals surface area (Å²) in [5.74, 6) is 0.539. The number of rotatable bonds is 3. The van der Waals surface area contributed by atoms with Gasteiger partial charge < -0.3 is 11.1 Å². The molecule has 4 nitrogen and oxygen atoms in total. The van der Waals surface area contributed by atoms with E-state index in [1.807, 2.05) is 0 Å². The number of hydrogen-bond donors (Lipinski definition) is 2. The van der Waals surface area contributed by atoms with Crippen molar-refractivity contribution in [3.05, 3.63) is 39.4 Å². The van der Waals surface area contributed by atoms with Crippen molar-refractivity contribution in [2.45, 2.75) is 13.3 Å². The average molecular weight is 367 g/mol. The lowest BCUT2D eigenvalue weighted by Crippen LogP contribution is -2.00. The van der Waals surface area contributed by atoms with Gasteiger partial charge >= 0.3 is 0 Å². The molecular formula is C14H12BrFN4S. The third-order valence-corrected chi connectivity index (χ3v) is 4.82. The fourth-order valence-corrected chi connectivity index (χ4v) is 3.40. The zero-order valence-corrected chi connectivity index (χ0v) is 13.6. The fourth-order valence-electron chi connectivity index (χ4n) is 1.98. The van der Waals surface area contributed by atoms with Crippen LogP contribution in [0.1, 0.15) is 11.8 Å². The molecule has 0 atom stereocenters. The molecule has 0 aliphatic carbocycles. The molecule has 0 bridgehead atoms. The van der Waals surface area contributed by atoms with E-state index in [4.69, 9.17) is 5.73 Å². The first-order valence-electron chi connectivity index (χ1n) is 6.35. The molecule has 7 heteroatoms. The fraction of sp³-hybridized carbons (Fsp3) is 0.143. The number of aryl methyl sites for hydroxylation is 1. The van der Waals surface area contributed by atoms with E-state index in [9.17, 15) is 4.39 Å². The van der Waals surface area contributed by atoms with Gasteiger partial charge in [-0.05, 0) is 46.6 Å². The summed E-state index contributed by atoms with van der Waals surface area (Å²) < 4.78 is 13.8. The Morgan fingerprint density at radius 3 is 2.86 bits per heavy atom. The minimum absolute atomic E-state index is 0.215. The smallest absolute Gasteiger partial charge is 0.223 e. The Bertz CT molecular complexity index is 818. The summed E-state index contributed by atoms with van der Waals surface area (Å²) in [6.45, 7) is 2.09. The second-order valence-electron chi connectivity index (χ2n) is 4.46. The number of nitrogen functional groups attached to an aromatic ring is 1. The molecule has 3 aromatic rings. The Morgan fingerprint density at radius 2 is 2.14 bits per heavy atom. The first-order chi connectivity index (χ1) is 10.1.